The SMILES string of the molecule is NCc1cc(OC2CCCN(C(=O)c3cc(=O)c4ccccc4o3)C2)nc(C(F)(F)F)c1. The van der Waals surface area contributed by atoms with Crippen LogP contribution in [0.5, 0.6) is 5.88 Å². The first-order chi connectivity index (χ1) is 15.2. The van der Waals surface area contributed by atoms with Gasteiger partial charge in [-0.1, -0.05) is 12.1 Å². The largest absolute Gasteiger partial charge is 0.472 e. The molecular weight excluding hydrogens is 427 g/mol. The minimum Gasteiger partial charge on any atom is -0.472 e. The van der Waals surface area contributed by atoms with Crippen LogP contribution in [0.3, 0.4) is 0 Å². The number of hydrogen-bond acceptors (Lipinski definition) is 6. The van der Waals surface area contributed by atoms with Crippen molar-refractivity contribution in [3.8, 4) is 5.88 Å². The third kappa shape index (κ3) is 4.59. The third-order valence-electron chi connectivity index (χ3n) is 5.19. The van der Waals surface area contributed by atoms with E-state index in [1.807, 2.05) is 0 Å². The number of halogens is 3. The molecule has 1 amide bonds. The van der Waals surface area contributed by atoms with Crippen molar-refractivity contribution in [1.29, 1.82) is 0 Å². The highest BCUT2D eigenvalue weighted by Gasteiger charge is 2.34. The van der Waals surface area contributed by atoms with E-state index in [4.69, 9.17) is 14.9 Å². The van der Waals surface area contributed by atoms with E-state index in [0.29, 0.717) is 30.4 Å². The van der Waals surface area contributed by atoms with Crippen molar-refractivity contribution in [2.45, 2.75) is 31.7 Å². The van der Waals surface area contributed by atoms with Gasteiger partial charge in [0.05, 0.1) is 11.9 Å². The quantitative estimate of drug-likeness (QED) is 0.659. The van der Waals surface area contributed by atoms with E-state index in [2.05, 4.69) is 4.98 Å². The van der Waals surface area contributed by atoms with Gasteiger partial charge < -0.3 is 19.8 Å². The van der Waals surface area contributed by atoms with E-state index in [-0.39, 0.29) is 35.7 Å². The summed E-state index contributed by atoms with van der Waals surface area (Å²) in [6, 6.07) is 10.00. The number of likely N-dealkylation sites (tertiary alicyclic amines) is 1. The fourth-order valence-corrected chi connectivity index (χ4v) is 3.64. The molecule has 0 bridgehead atoms. The first-order valence-corrected chi connectivity index (χ1v) is 10.0. The zero-order chi connectivity index (χ0) is 22.9. The average molecular weight is 447 g/mol. The number of ether oxygens (including phenoxy) is 1. The highest BCUT2D eigenvalue weighted by molar-refractivity contribution is 5.93. The van der Waals surface area contributed by atoms with E-state index in [9.17, 15) is 22.8 Å². The Morgan fingerprint density at radius 1 is 1.25 bits per heavy atom. The lowest BCUT2D eigenvalue weighted by atomic mass is 10.1. The second-order valence-corrected chi connectivity index (χ2v) is 7.51. The summed E-state index contributed by atoms with van der Waals surface area (Å²) in [7, 11) is 0. The summed E-state index contributed by atoms with van der Waals surface area (Å²) in [5, 5.41) is 0.371. The molecule has 4 rings (SSSR count). The van der Waals surface area contributed by atoms with Gasteiger partial charge in [0, 0.05) is 25.2 Å². The average Bonchev–Trinajstić information content (AvgIpc) is 2.78. The highest BCUT2D eigenvalue weighted by Crippen LogP contribution is 2.30. The first-order valence-electron chi connectivity index (χ1n) is 10.0. The van der Waals surface area contributed by atoms with Crippen LogP contribution in [-0.2, 0) is 12.7 Å². The lowest BCUT2D eigenvalue weighted by Crippen LogP contribution is -2.44. The van der Waals surface area contributed by atoms with Crippen molar-refractivity contribution in [2.75, 3.05) is 13.1 Å². The number of carbonyl (C=O) groups excluding carboxylic acids is 1. The van der Waals surface area contributed by atoms with Gasteiger partial charge in [-0.25, -0.2) is 4.98 Å². The second kappa shape index (κ2) is 8.62. The van der Waals surface area contributed by atoms with Crippen LogP contribution in [0.1, 0.15) is 34.7 Å². The second-order valence-electron chi connectivity index (χ2n) is 7.51. The van der Waals surface area contributed by atoms with Crippen LogP contribution in [0.2, 0.25) is 0 Å². The lowest BCUT2D eigenvalue weighted by molar-refractivity contribution is -0.141. The molecule has 1 unspecified atom stereocenters. The van der Waals surface area contributed by atoms with Crippen molar-refractivity contribution in [3.63, 3.8) is 0 Å². The normalized spacial score (nSPS) is 16.9. The summed E-state index contributed by atoms with van der Waals surface area (Å²) in [5.41, 5.74) is 4.63. The number of piperidine rings is 1. The van der Waals surface area contributed by atoms with Gasteiger partial charge in [0.2, 0.25) is 5.88 Å². The molecule has 168 valence electrons. The number of fused-ring (bicyclic) bond motifs is 1. The van der Waals surface area contributed by atoms with Gasteiger partial charge in [-0.05, 0) is 36.6 Å². The maximum absolute atomic E-state index is 13.1. The molecule has 3 heterocycles. The summed E-state index contributed by atoms with van der Waals surface area (Å²) in [6.45, 7) is 0.419. The number of rotatable bonds is 4. The lowest BCUT2D eigenvalue weighted by Gasteiger charge is -2.32. The number of pyridine rings is 1. The molecule has 7 nitrogen and oxygen atoms in total. The van der Waals surface area contributed by atoms with Crippen LogP contribution in [0.25, 0.3) is 11.0 Å². The van der Waals surface area contributed by atoms with Gasteiger partial charge in [-0.2, -0.15) is 13.2 Å². The molecule has 1 aliphatic heterocycles. The molecule has 32 heavy (non-hydrogen) atoms. The fourth-order valence-electron chi connectivity index (χ4n) is 3.64. The molecule has 0 radical (unpaired) electrons. The molecule has 1 saturated heterocycles. The van der Waals surface area contributed by atoms with E-state index < -0.39 is 23.9 Å². The van der Waals surface area contributed by atoms with Crippen molar-refractivity contribution < 1.29 is 27.1 Å². The number of carbonyl (C=O) groups is 1. The van der Waals surface area contributed by atoms with Crippen molar-refractivity contribution in [2.24, 2.45) is 5.73 Å². The molecule has 1 aliphatic rings. The number of alkyl halides is 3. The Kier molecular flexibility index (Phi) is 5.88. The summed E-state index contributed by atoms with van der Waals surface area (Å²) >= 11 is 0. The predicted molar refractivity (Wildman–Crippen MR) is 109 cm³/mol. The number of aromatic nitrogens is 1. The third-order valence-corrected chi connectivity index (χ3v) is 5.19. The van der Waals surface area contributed by atoms with Crippen LogP contribution >= 0.6 is 0 Å². The maximum atomic E-state index is 13.1. The molecule has 2 N–H and O–H groups in total. The Bertz CT molecular complexity index is 1210. The number of amides is 1. The minimum atomic E-state index is -4.63. The van der Waals surface area contributed by atoms with Gasteiger partial charge in [0.25, 0.3) is 5.91 Å². The van der Waals surface area contributed by atoms with Gasteiger partial charge >= 0.3 is 6.18 Å². The predicted octanol–water partition coefficient (Wildman–Crippen LogP) is 3.35. The molecule has 1 aromatic carbocycles. The summed E-state index contributed by atoms with van der Waals surface area (Å²) in [4.78, 5) is 30.2. The molecule has 1 atom stereocenters. The zero-order valence-electron chi connectivity index (χ0n) is 16.9. The minimum absolute atomic E-state index is 0.0990. The summed E-state index contributed by atoms with van der Waals surface area (Å²) in [6.07, 6.45) is -4.11. The van der Waals surface area contributed by atoms with Crippen LogP contribution in [-0.4, -0.2) is 35.0 Å². The first kappa shape index (κ1) is 21.8. The topological polar surface area (TPSA) is 98.7 Å². The van der Waals surface area contributed by atoms with Gasteiger partial charge in [0.1, 0.15) is 17.4 Å². The molecule has 0 aliphatic carbocycles. The molecular formula is C22H20F3N3O4. The number of benzene rings is 1. The summed E-state index contributed by atoms with van der Waals surface area (Å²) < 4.78 is 50.6. The van der Waals surface area contributed by atoms with E-state index >= 15 is 0 Å². The molecule has 0 spiro atoms. The van der Waals surface area contributed by atoms with E-state index in [1.54, 1.807) is 24.3 Å². The fraction of sp³-hybridized carbons (Fsp3) is 0.318. The van der Waals surface area contributed by atoms with Gasteiger partial charge in [0.15, 0.2) is 11.2 Å². The Labute approximate surface area is 180 Å². The molecule has 1 fully saturated rings. The molecule has 0 saturated carbocycles. The maximum Gasteiger partial charge on any atom is 0.433 e. The smallest absolute Gasteiger partial charge is 0.433 e. The van der Waals surface area contributed by atoms with Gasteiger partial charge in [-0.15, -0.1) is 0 Å². The van der Waals surface area contributed by atoms with E-state index in [1.165, 1.54) is 11.0 Å². The Morgan fingerprint density at radius 2 is 2.03 bits per heavy atom. The van der Waals surface area contributed by atoms with Crippen molar-refractivity contribution in [3.05, 3.63) is 69.7 Å². The zero-order valence-corrected chi connectivity index (χ0v) is 16.9. The molecule has 2 aromatic heterocycles. The Hall–Kier alpha value is -3.40. The number of para-hydroxylation sites is 1. The van der Waals surface area contributed by atoms with Crippen LogP contribution in [0.4, 0.5) is 13.2 Å². The Balaban J connectivity index is 1.53. The number of nitrogens with zero attached hydrogens (tertiary/aromatic N) is 2. The number of hydrogen-bond donors (Lipinski definition) is 1. The van der Waals surface area contributed by atoms with Crippen molar-refractivity contribution in [1.82, 2.24) is 9.88 Å². The van der Waals surface area contributed by atoms with Crippen LogP contribution in [0, 0.1) is 0 Å². The molecule has 3 aromatic rings. The summed E-state index contributed by atoms with van der Waals surface area (Å²) in [5.74, 6) is -0.783. The van der Waals surface area contributed by atoms with Gasteiger partial charge in [-0.3, -0.25) is 9.59 Å². The Morgan fingerprint density at radius 3 is 2.78 bits per heavy atom. The highest BCUT2D eigenvalue weighted by atomic mass is 19.4. The van der Waals surface area contributed by atoms with Crippen molar-refractivity contribution >= 4 is 16.9 Å². The number of nitrogens with two attached hydrogens (primary N) is 1. The van der Waals surface area contributed by atoms with Crippen LogP contribution in [0.15, 0.2) is 51.7 Å². The van der Waals surface area contributed by atoms with E-state index in [0.717, 1.165) is 12.1 Å². The monoisotopic (exact) mass is 447 g/mol. The van der Waals surface area contributed by atoms with Crippen LogP contribution < -0.4 is 15.9 Å². The standard InChI is InChI=1S/C22H20F3N3O4/c23-22(24,25)19-8-13(11-26)9-20(27-19)31-14-4-3-7-28(12-14)21(30)18-10-16(29)15-5-1-2-6-17(15)32-18/h1-2,5-6,8-10,14H,3-4,7,11-12,26H2. The molecule has 10 heteroatoms.